The van der Waals surface area contributed by atoms with Crippen molar-refractivity contribution in [1.29, 1.82) is 0 Å². The quantitative estimate of drug-likeness (QED) is 0.828. The number of hydrogen-bond acceptors (Lipinski definition) is 3. The van der Waals surface area contributed by atoms with E-state index in [1.54, 1.807) is 4.90 Å². The molecule has 0 aromatic heterocycles. The molecule has 1 fully saturated rings. The summed E-state index contributed by atoms with van der Waals surface area (Å²) in [5.41, 5.74) is 6.84. The molecule has 2 unspecified atom stereocenters. The van der Waals surface area contributed by atoms with Gasteiger partial charge in [0.2, 0.25) is 5.91 Å². The molecule has 0 spiro atoms. The Labute approximate surface area is 101 Å². The maximum Gasteiger partial charge on any atom is 0.244 e. The van der Waals surface area contributed by atoms with Crippen molar-refractivity contribution < 1.29 is 9.53 Å². The second-order valence-electron chi connectivity index (χ2n) is 4.35. The first-order valence-electron chi connectivity index (χ1n) is 5.89. The molecule has 0 saturated carbocycles. The molecule has 2 rings (SSSR count). The number of benzene rings is 1. The van der Waals surface area contributed by atoms with Crippen LogP contribution in [0.1, 0.15) is 18.5 Å². The van der Waals surface area contributed by atoms with Crippen LogP contribution in [0.3, 0.4) is 0 Å². The Hall–Kier alpha value is -1.39. The highest BCUT2D eigenvalue weighted by molar-refractivity contribution is 5.83. The summed E-state index contributed by atoms with van der Waals surface area (Å²) in [6.07, 6.45) is 0.0932. The summed E-state index contributed by atoms with van der Waals surface area (Å²) in [6, 6.07) is 8.90. The summed E-state index contributed by atoms with van der Waals surface area (Å²) < 4.78 is 5.41. The molecule has 1 aliphatic rings. The molecule has 1 saturated heterocycles. The Balaban J connectivity index is 2.04. The molecule has 1 amide bonds. The Bertz CT molecular complexity index is 380. The van der Waals surface area contributed by atoms with Crippen LogP contribution in [0.4, 0.5) is 0 Å². The largest absolute Gasteiger partial charge is 0.375 e. The lowest BCUT2D eigenvalue weighted by atomic mass is 10.1. The SMILES string of the molecule is CC1CN(C(=O)C(N)c2ccccc2)CCO1. The molecule has 4 heteroatoms. The summed E-state index contributed by atoms with van der Waals surface area (Å²) >= 11 is 0. The van der Waals surface area contributed by atoms with E-state index in [1.165, 1.54) is 0 Å². The fourth-order valence-electron chi connectivity index (χ4n) is 2.02. The number of hydrogen-bond donors (Lipinski definition) is 1. The first-order valence-corrected chi connectivity index (χ1v) is 5.89. The van der Waals surface area contributed by atoms with Gasteiger partial charge >= 0.3 is 0 Å². The maximum absolute atomic E-state index is 12.2. The number of carbonyl (C=O) groups is 1. The Morgan fingerprint density at radius 2 is 2.18 bits per heavy atom. The average molecular weight is 234 g/mol. The van der Waals surface area contributed by atoms with E-state index in [2.05, 4.69) is 0 Å². The van der Waals surface area contributed by atoms with Crippen LogP contribution in [-0.4, -0.2) is 36.6 Å². The fourth-order valence-corrected chi connectivity index (χ4v) is 2.02. The lowest BCUT2D eigenvalue weighted by molar-refractivity contribution is -0.139. The van der Waals surface area contributed by atoms with E-state index in [4.69, 9.17) is 10.5 Å². The zero-order valence-corrected chi connectivity index (χ0v) is 10.0. The van der Waals surface area contributed by atoms with Crippen LogP contribution in [0.5, 0.6) is 0 Å². The van der Waals surface area contributed by atoms with E-state index in [9.17, 15) is 4.79 Å². The molecule has 0 bridgehead atoms. The molecule has 2 atom stereocenters. The van der Waals surface area contributed by atoms with Gasteiger partial charge in [-0.05, 0) is 12.5 Å². The van der Waals surface area contributed by atoms with Gasteiger partial charge in [-0.25, -0.2) is 0 Å². The molecule has 17 heavy (non-hydrogen) atoms. The third-order valence-corrected chi connectivity index (χ3v) is 2.98. The third-order valence-electron chi connectivity index (χ3n) is 2.98. The molecule has 1 aromatic carbocycles. The summed E-state index contributed by atoms with van der Waals surface area (Å²) in [4.78, 5) is 14.0. The Morgan fingerprint density at radius 3 is 2.82 bits per heavy atom. The van der Waals surface area contributed by atoms with E-state index in [-0.39, 0.29) is 12.0 Å². The highest BCUT2D eigenvalue weighted by Crippen LogP contribution is 2.15. The number of amides is 1. The molecule has 0 aliphatic carbocycles. The van der Waals surface area contributed by atoms with Crippen LogP contribution in [0.2, 0.25) is 0 Å². The monoisotopic (exact) mass is 234 g/mol. The van der Waals surface area contributed by atoms with Crippen LogP contribution in [-0.2, 0) is 9.53 Å². The number of nitrogens with two attached hydrogens (primary N) is 1. The van der Waals surface area contributed by atoms with Crippen molar-refractivity contribution in [3.8, 4) is 0 Å². The highest BCUT2D eigenvalue weighted by Gasteiger charge is 2.26. The molecule has 1 aliphatic heterocycles. The first kappa shape index (κ1) is 12.1. The number of carbonyl (C=O) groups excluding carboxylic acids is 1. The summed E-state index contributed by atoms with van der Waals surface area (Å²) in [7, 11) is 0. The minimum atomic E-state index is -0.568. The van der Waals surface area contributed by atoms with Crippen molar-refractivity contribution in [1.82, 2.24) is 4.90 Å². The molecular formula is C13H18N2O2. The zero-order valence-electron chi connectivity index (χ0n) is 10.0. The van der Waals surface area contributed by atoms with Crippen molar-refractivity contribution in [2.75, 3.05) is 19.7 Å². The number of nitrogens with zero attached hydrogens (tertiary/aromatic N) is 1. The minimum Gasteiger partial charge on any atom is -0.375 e. The molecule has 1 heterocycles. The Morgan fingerprint density at radius 1 is 1.47 bits per heavy atom. The van der Waals surface area contributed by atoms with Gasteiger partial charge in [-0.15, -0.1) is 0 Å². The van der Waals surface area contributed by atoms with Gasteiger partial charge in [-0.2, -0.15) is 0 Å². The number of ether oxygens (including phenoxy) is 1. The fraction of sp³-hybridized carbons (Fsp3) is 0.462. The molecule has 1 aromatic rings. The lowest BCUT2D eigenvalue weighted by Crippen LogP contribution is -2.47. The smallest absolute Gasteiger partial charge is 0.244 e. The minimum absolute atomic E-state index is 0.0219. The van der Waals surface area contributed by atoms with Crippen molar-refractivity contribution >= 4 is 5.91 Å². The average Bonchev–Trinajstić information content (AvgIpc) is 2.38. The summed E-state index contributed by atoms with van der Waals surface area (Å²) in [5, 5.41) is 0. The van der Waals surface area contributed by atoms with E-state index in [0.29, 0.717) is 19.7 Å². The topological polar surface area (TPSA) is 55.6 Å². The standard InChI is InChI=1S/C13H18N2O2/c1-10-9-15(7-8-17-10)13(16)12(14)11-5-3-2-4-6-11/h2-6,10,12H,7-9,14H2,1H3. The van der Waals surface area contributed by atoms with Crippen LogP contribution < -0.4 is 5.73 Å². The lowest BCUT2D eigenvalue weighted by Gasteiger charge is -2.32. The second-order valence-corrected chi connectivity index (χ2v) is 4.35. The van der Waals surface area contributed by atoms with Gasteiger partial charge in [-0.3, -0.25) is 4.79 Å². The van der Waals surface area contributed by atoms with Gasteiger partial charge in [-0.1, -0.05) is 30.3 Å². The first-order chi connectivity index (χ1) is 8.18. The van der Waals surface area contributed by atoms with Gasteiger partial charge in [0, 0.05) is 13.1 Å². The van der Waals surface area contributed by atoms with Gasteiger partial charge in [0.05, 0.1) is 12.7 Å². The van der Waals surface area contributed by atoms with Gasteiger partial charge < -0.3 is 15.4 Å². The maximum atomic E-state index is 12.2. The predicted molar refractivity (Wildman–Crippen MR) is 65.4 cm³/mol. The molecular weight excluding hydrogens is 216 g/mol. The molecule has 0 radical (unpaired) electrons. The predicted octanol–water partition coefficient (Wildman–Crippen LogP) is 0.934. The van der Waals surface area contributed by atoms with Crippen molar-refractivity contribution in [3.05, 3.63) is 35.9 Å². The molecule has 2 N–H and O–H groups in total. The summed E-state index contributed by atoms with van der Waals surface area (Å²) in [6.45, 7) is 3.81. The van der Waals surface area contributed by atoms with Crippen LogP contribution in [0, 0.1) is 0 Å². The highest BCUT2D eigenvalue weighted by atomic mass is 16.5. The number of morpholine rings is 1. The van der Waals surface area contributed by atoms with E-state index < -0.39 is 6.04 Å². The van der Waals surface area contributed by atoms with Gasteiger partial charge in [0.1, 0.15) is 6.04 Å². The van der Waals surface area contributed by atoms with E-state index in [1.807, 2.05) is 37.3 Å². The van der Waals surface area contributed by atoms with Crippen LogP contribution >= 0.6 is 0 Å². The van der Waals surface area contributed by atoms with Crippen LogP contribution in [0.15, 0.2) is 30.3 Å². The van der Waals surface area contributed by atoms with E-state index in [0.717, 1.165) is 5.56 Å². The van der Waals surface area contributed by atoms with Crippen LogP contribution in [0.25, 0.3) is 0 Å². The van der Waals surface area contributed by atoms with Crippen molar-refractivity contribution in [2.24, 2.45) is 5.73 Å². The molecule has 92 valence electrons. The van der Waals surface area contributed by atoms with Gasteiger partial charge in [0.15, 0.2) is 0 Å². The Kier molecular flexibility index (Phi) is 3.76. The van der Waals surface area contributed by atoms with E-state index >= 15 is 0 Å². The summed E-state index contributed by atoms with van der Waals surface area (Å²) in [5.74, 6) is -0.0219. The van der Waals surface area contributed by atoms with Crippen molar-refractivity contribution in [2.45, 2.75) is 19.1 Å². The zero-order chi connectivity index (χ0) is 12.3. The third kappa shape index (κ3) is 2.84. The van der Waals surface area contributed by atoms with Crippen molar-refractivity contribution in [3.63, 3.8) is 0 Å². The molecule has 4 nitrogen and oxygen atoms in total. The normalized spacial score (nSPS) is 22.2. The van der Waals surface area contributed by atoms with Gasteiger partial charge in [0.25, 0.3) is 0 Å². The number of rotatable bonds is 2. The second kappa shape index (κ2) is 5.29.